The Kier molecular flexibility index (Phi) is 4.47. The Hall–Kier alpha value is -1.07. The fraction of sp³-hybridized carbons (Fsp3) is 0.500. The second kappa shape index (κ2) is 5.92. The Morgan fingerprint density at radius 2 is 2.16 bits per heavy atom. The van der Waals surface area contributed by atoms with Crippen LogP contribution in [0.15, 0.2) is 22.7 Å². The standard InChI is InChI=1S/C14H19BrN2O2/c1-10-4-5-12(11(15)8-10)17-7-3-6-16(2)14(19)13(17)9-18/h4-5,8,13,18H,3,6-7,9H2,1-2H3. The van der Waals surface area contributed by atoms with Crippen molar-refractivity contribution in [3.63, 3.8) is 0 Å². The zero-order chi connectivity index (χ0) is 14.0. The van der Waals surface area contributed by atoms with Gasteiger partial charge in [-0.2, -0.15) is 0 Å². The Balaban J connectivity index is 2.37. The van der Waals surface area contributed by atoms with Crippen LogP contribution in [0.1, 0.15) is 12.0 Å². The van der Waals surface area contributed by atoms with E-state index in [9.17, 15) is 9.90 Å². The van der Waals surface area contributed by atoms with Crippen molar-refractivity contribution in [3.05, 3.63) is 28.2 Å². The number of benzene rings is 1. The van der Waals surface area contributed by atoms with Crippen LogP contribution in [0.25, 0.3) is 0 Å². The summed E-state index contributed by atoms with van der Waals surface area (Å²) in [4.78, 5) is 15.9. The molecule has 0 radical (unpaired) electrons. The highest BCUT2D eigenvalue weighted by molar-refractivity contribution is 9.10. The van der Waals surface area contributed by atoms with Crippen molar-refractivity contribution >= 4 is 27.5 Å². The highest BCUT2D eigenvalue weighted by Crippen LogP contribution is 2.30. The van der Waals surface area contributed by atoms with E-state index in [0.29, 0.717) is 0 Å². The largest absolute Gasteiger partial charge is 0.394 e. The number of hydrogen-bond donors (Lipinski definition) is 1. The number of aryl methyl sites for hydroxylation is 1. The quantitative estimate of drug-likeness (QED) is 0.901. The van der Waals surface area contributed by atoms with Crippen LogP contribution in [0, 0.1) is 6.92 Å². The van der Waals surface area contributed by atoms with Gasteiger partial charge in [0.15, 0.2) is 0 Å². The van der Waals surface area contributed by atoms with Gasteiger partial charge in [0.05, 0.1) is 12.3 Å². The summed E-state index contributed by atoms with van der Waals surface area (Å²) in [5, 5.41) is 9.58. The van der Waals surface area contributed by atoms with E-state index in [1.165, 1.54) is 0 Å². The van der Waals surface area contributed by atoms with Crippen LogP contribution in [0.4, 0.5) is 5.69 Å². The topological polar surface area (TPSA) is 43.8 Å². The van der Waals surface area contributed by atoms with Crippen molar-refractivity contribution in [2.24, 2.45) is 0 Å². The predicted molar refractivity (Wildman–Crippen MR) is 79.4 cm³/mol. The number of carbonyl (C=O) groups excluding carboxylic acids is 1. The van der Waals surface area contributed by atoms with Gasteiger partial charge >= 0.3 is 0 Å². The maximum Gasteiger partial charge on any atom is 0.247 e. The molecule has 1 fully saturated rings. The van der Waals surface area contributed by atoms with Crippen molar-refractivity contribution in [2.75, 3.05) is 31.6 Å². The van der Waals surface area contributed by atoms with Crippen molar-refractivity contribution in [3.8, 4) is 0 Å². The molecule has 1 atom stereocenters. The van der Waals surface area contributed by atoms with Crippen molar-refractivity contribution in [1.29, 1.82) is 0 Å². The van der Waals surface area contributed by atoms with E-state index in [2.05, 4.69) is 15.9 Å². The Bertz CT molecular complexity index is 479. The summed E-state index contributed by atoms with van der Waals surface area (Å²) in [6.07, 6.45) is 0.902. The molecule has 1 saturated heterocycles. The molecule has 1 aromatic carbocycles. The van der Waals surface area contributed by atoms with E-state index in [1.807, 2.05) is 30.0 Å². The van der Waals surface area contributed by atoms with Gasteiger partial charge < -0.3 is 14.9 Å². The molecule has 1 amide bonds. The number of anilines is 1. The van der Waals surface area contributed by atoms with Gasteiger partial charge in [-0.3, -0.25) is 4.79 Å². The van der Waals surface area contributed by atoms with Gasteiger partial charge in [-0.15, -0.1) is 0 Å². The summed E-state index contributed by atoms with van der Waals surface area (Å²) < 4.78 is 0.961. The molecule has 0 aromatic heterocycles. The van der Waals surface area contributed by atoms with Gasteiger partial charge in [0.2, 0.25) is 5.91 Å². The van der Waals surface area contributed by atoms with Gasteiger partial charge in [0, 0.05) is 24.6 Å². The molecule has 5 heteroatoms. The van der Waals surface area contributed by atoms with Gasteiger partial charge in [0.1, 0.15) is 6.04 Å². The molecule has 0 bridgehead atoms. The second-order valence-corrected chi connectivity index (χ2v) is 5.81. The first kappa shape index (κ1) is 14.3. The van der Waals surface area contributed by atoms with E-state index < -0.39 is 6.04 Å². The first-order valence-electron chi connectivity index (χ1n) is 6.43. The fourth-order valence-corrected chi connectivity index (χ4v) is 3.16. The Morgan fingerprint density at radius 1 is 1.42 bits per heavy atom. The van der Waals surface area contributed by atoms with Crippen LogP contribution in [0.5, 0.6) is 0 Å². The molecule has 2 rings (SSSR count). The molecule has 1 unspecified atom stereocenters. The second-order valence-electron chi connectivity index (χ2n) is 4.96. The Morgan fingerprint density at radius 3 is 2.79 bits per heavy atom. The molecule has 104 valence electrons. The van der Waals surface area contributed by atoms with Crippen LogP contribution in [-0.4, -0.2) is 48.7 Å². The molecule has 0 saturated carbocycles. The minimum absolute atomic E-state index is 0.0209. The van der Waals surface area contributed by atoms with Gasteiger partial charge in [0.25, 0.3) is 0 Å². The third-order valence-electron chi connectivity index (χ3n) is 3.52. The van der Waals surface area contributed by atoms with Crippen molar-refractivity contribution < 1.29 is 9.90 Å². The number of hydrogen-bond acceptors (Lipinski definition) is 3. The van der Waals surface area contributed by atoms with Crippen LogP contribution in [0.3, 0.4) is 0 Å². The zero-order valence-electron chi connectivity index (χ0n) is 11.3. The predicted octanol–water partition coefficient (Wildman–Crippen LogP) is 1.79. The third-order valence-corrected chi connectivity index (χ3v) is 4.15. The minimum atomic E-state index is -0.494. The maximum absolute atomic E-state index is 12.2. The lowest BCUT2D eigenvalue weighted by Gasteiger charge is -2.31. The molecule has 1 heterocycles. The van der Waals surface area contributed by atoms with E-state index >= 15 is 0 Å². The number of halogens is 1. The zero-order valence-corrected chi connectivity index (χ0v) is 12.9. The third kappa shape index (κ3) is 2.92. The number of nitrogens with zero attached hydrogens (tertiary/aromatic N) is 2. The molecule has 1 N–H and O–H groups in total. The first-order chi connectivity index (χ1) is 9.04. The van der Waals surface area contributed by atoms with Crippen LogP contribution < -0.4 is 4.90 Å². The molecule has 4 nitrogen and oxygen atoms in total. The molecular formula is C14H19BrN2O2. The van der Waals surface area contributed by atoms with Crippen LogP contribution >= 0.6 is 15.9 Å². The van der Waals surface area contributed by atoms with Crippen molar-refractivity contribution in [1.82, 2.24) is 4.90 Å². The smallest absolute Gasteiger partial charge is 0.247 e. The summed E-state index contributed by atoms with van der Waals surface area (Å²) in [7, 11) is 1.79. The molecule has 0 spiro atoms. The summed E-state index contributed by atoms with van der Waals surface area (Å²) in [6.45, 7) is 3.36. The molecule has 19 heavy (non-hydrogen) atoms. The van der Waals surface area contributed by atoms with Gasteiger partial charge in [-0.25, -0.2) is 0 Å². The molecule has 1 aliphatic heterocycles. The minimum Gasteiger partial charge on any atom is -0.394 e. The van der Waals surface area contributed by atoms with E-state index in [1.54, 1.807) is 11.9 Å². The summed E-state index contributed by atoms with van der Waals surface area (Å²) in [5.74, 6) is -0.0209. The van der Waals surface area contributed by atoms with Crippen LogP contribution in [-0.2, 0) is 4.79 Å². The fourth-order valence-electron chi connectivity index (χ4n) is 2.44. The number of aliphatic hydroxyl groups excluding tert-OH is 1. The lowest BCUT2D eigenvalue weighted by Crippen LogP contribution is -2.47. The van der Waals surface area contributed by atoms with Crippen molar-refractivity contribution in [2.45, 2.75) is 19.4 Å². The Labute approximate surface area is 122 Å². The van der Waals surface area contributed by atoms with E-state index in [0.717, 1.165) is 35.2 Å². The van der Waals surface area contributed by atoms with E-state index in [4.69, 9.17) is 0 Å². The SMILES string of the molecule is Cc1ccc(N2CCCN(C)C(=O)C2CO)c(Br)c1. The lowest BCUT2D eigenvalue weighted by atomic mass is 10.1. The normalized spacial score (nSPS) is 20.6. The molecule has 1 aromatic rings. The number of likely N-dealkylation sites (N-methyl/N-ethyl adjacent to an activating group) is 1. The van der Waals surface area contributed by atoms with Gasteiger partial charge in [-0.1, -0.05) is 6.07 Å². The summed E-state index contributed by atoms with van der Waals surface area (Å²) in [6, 6.07) is 5.56. The first-order valence-corrected chi connectivity index (χ1v) is 7.22. The number of amides is 1. The highest BCUT2D eigenvalue weighted by Gasteiger charge is 2.31. The van der Waals surface area contributed by atoms with Crippen LogP contribution in [0.2, 0.25) is 0 Å². The average molecular weight is 327 g/mol. The summed E-state index contributed by atoms with van der Waals surface area (Å²) >= 11 is 3.55. The highest BCUT2D eigenvalue weighted by atomic mass is 79.9. The molecule has 1 aliphatic rings. The number of aliphatic hydroxyl groups is 1. The molecular weight excluding hydrogens is 308 g/mol. The number of carbonyl (C=O) groups is 1. The lowest BCUT2D eigenvalue weighted by molar-refractivity contribution is -0.131. The average Bonchev–Trinajstić information content (AvgIpc) is 2.50. The number of rotatable bonds is 2. The summed E-state index contributed by atoms with van der Waals surface area (Å²) in [5.41, 5.74) is 2.13. The van der Waals surface area contributed by atoms with Gasteiger partial charge in [-0.05, 0) is 47.0 Å². The molecule has 0 aliphatic carbocycles. The van der Waals surface area contributed by atoms with E-state index in [-0.39, 0.29) is 12.5 Å². The monoisotopic (exact) mass is 326 g/mol. The maximum atomic E-state index is 12.2.